The molecule has 1 fully saturated rings. The molecule has 4 rings (SSSR count). The zero-order valence-electron chi connectivity index (χ0n) is 17.1. The Hall–Kier alpha value is -2.86. The maximum Gasteiger partial charge on any atom is 0.262 e. The summed E-state index contributed by atoms with van der Waals surface area (Å²) in [6.07, 6.45) is 3.75. The molecule has 1 saturated carbocycles. The van der Waals surface area contributed by atoms with Crippen molar-refractivity contribution < 1.29 is 4.79 Å². The Morgan fingerprint density at radius 2 is 2.13 bits per heavy atom. The summed E-state index contributed by atoms with van der Waals surface area (Å²) in [5.41, 5.74) is -0.182. The van der Waals surface area contributed by atoms with Gasteiger partial charge in [-0.2, -0.15) is 5.26 Å². The number of aryl methyl sites for hydroxylation is 1. The van der Waals surface area contributed by atoms with Gasteiger partial charge in [-0.3, -0.25) is 18.6 Å². The molecule has 0 bridgehead atoms. The standard InChI is InChI=1S/C21H24N6O2S/c1-3-4-11-26-18(29)15-7-5-6-8-16(15)27-19(26)24-25-20(27)30-12-17(28)23-21(2,13-22)14-9-10-14/h5-8,14H,3-4,9-12H2,1-2H3,(H,23,28). The Morgan fingerprint density at radius 3 is 2.83 bits per heavy atom. The molecule has 0 spiro atoms. The minimum Gasteiger partial charge on any atom is -0.337 e. The number of carbonyl (C=O) groups is 1. The molecule has 1 atom stereocenters. The number of aromatic nitrogens is 4. The molecular weight excluding hydrogens is 400 g/mol. The number of nitriles is 1. The lowest BCUT2D eigenvalue weighted by molar-refractivity contribution is -0.119. The van der Waals surface area contributed by atoms with Gasteiger partial charge in [-0.15, -0.1) is 10.2 Å². The molecule has 1 aliphatic rings. The largest absolute Gasteiger partial charge is 0.337 e. The third-order valence-corrected chi connectivity index (χ3v) is 6.50. The summed E-state index contributed by atoms with van der Waals surface area (Å²) in [6, 6.07) is 9.61. The summed E-state index contributed by atoms with van der Waals surface area (Å²) in [4.78, 5) is 25.5. The Balaban J connectivity index is 1.65. The smallest absolute Gasteiger partial charge is 0.262 e. The van der Waals surface area contributed by atoms with Crippen LogP contribution in [0.1, 0.15) is 39.5 Å². The van der Waals surface area contributed by atoms with E-state index in [9.17, 15) is 14.9 Å². The first-order chi connectivity index (χ1) is 14.5. The first kappa shape index (κ1) is 20.4. The first-order valence-electron chi connectivity index (χ1n) is 10.2. The van der Waals surface area contributed by atoms with Crippen LogP contribution in [0.5, 0.6) is 0 Å². The Morgan fingerprint density at radius 1 is 1.37 bits per heavy atom. The van der Waals surface area contributed by atoms with Crippen LogP contribution in [0.2, 0.25) is 0 Å². The van der Waals surface area contributed by atoms with Crippen LogP contribution in [0, 0.1) is 17.2 Å². The Labute approximate surface area is 178 Å². The summed E-state index contributed by atoms with van der Waals surface area (Å²) >= 11 is 1.25. The molecule has 156 valence electrons. The van der Waals surface area contributed by atoms with Gasteiger partial charge in [0.05, 0.1) is 22.7 Å². The molecule has 8 nitrogen and oxygen atoms in total. The van der Waals surface area contributed by atoms with E-state index >= 15 is 0 Å². The molecule has 1 amide bonds. The van der Waals surface area contributed by atoms with Gasteiger partial charge in [0, 0.05) is 6.54 Å². The summed E-state index contributed by atoms with van der Waals surface area (Å²) in [5.74, 6) is 0.612. The van der Waals surface area contributed by atoms with E-state index in [0.29, 0.717) is 22.9 Å². The fraction of sp³-hybridized carbons (Fsp3) is 0.476. The van der Waals surface area contributed by atoms with Gasteiger partial charge in [-0.25, -0.2) is 0 Å². The monoisotopic (exact) mass is 424 g/mol. The second-order valence-corrected chi connectivity index (χ2v) is 8.81. The molecule has 2 heterocycles. The summed E-state index contributed by atoms with van der Waals surface area (Å²) in [5, 5.41) is 22.0. The number of carbonyl (C=O) groups excluding carboxylic acids is 1. The second kappa shape index (κ2) is 8.11. The van der Waals surface area contributed by atoms with Gasteiger partial charge in [0.1, 0.15) is 5.54 Å². The molecule has 1 N–H and O–H groups in total. The van der Waals surface area contributed by atoms with Crippen LogP contribution in [0.3, 0.4) is 0 Å². The number of unbranched alkanes of at least 4 members (excludes halogenated alkanes) is 1. The van der Waals surface area contributed by atoms with Gasteiger partial charge in [0.2, 0.25) is 11.7 Å². The van der Waals surface area contributed by atoms with E-state index in [4.69, 9.17) is 0 Å². The second-order valence-electron chi connectivity index (χ2n) is 7.87. The van der Waals surface area contributed by atoms with E-state index in [1.54, 1.807) is 17.6 Å². The number of para-hydroxylation sites is 1. The number of fused-ring (bicyclic) bond motifs is 3. The number of nitrogens with zero attached hydrogens (tertiary/aromatic N) is 5. The molecule has 9 heteroatoms. The summed E-state index contributed by atoms with van der Waals surface area (Å²) in [7, 11) is 0. The highest BCUT2D eigenvalue weighted by Crippen LogP contribution is 2.39. The quantitative estimate of drug-likeness (QED) is 0.558. The van der Waals surface area contributed by atoms with Crippen LogP contribution in [-0.4, -0.2) is 36.4 Å². The van der Waals surface area contributed by atoms with Crippen LogP contribution in [0.4, 0.5) is 0 Å². The molecule has 0 radical (unpaired) electrons. The van der Waals surface area contributed by atoms with E-state index in [-0.39, 0.29) is 23.1 Å². The van der Waals surface area contributed by atoms with Crippen molar-refractivity contribution in [2.75, 3.05) is 5.75 Å². The number of nitrogens with one attached hydrogen (secondary N) is 1. The average Bonchev–Trinajstić information content (AvgIpc) is 3.53. The summed E-state index contributed by atoms with van der Waals surface area (Å²) < 4.78 is 3.50. The molecule has 1 aliphatic carbocycles. The lowest BCUT2D eigenvalue weighted by atomic mass is 9.98. The molecule has 30 heavy (non-hydrogen) atoms. The van der Waals surface area contributed by atoms with Crippen LogP contribution < -0.4 is 10.9 Å². The Bertz CT molecular complexity index is 1210. The minimum atomic E-state index is -0.822. The van der Waals surface area contributed by atoms with Crippen LogP contribution >= 0.6 is 11.8 Å². The minimum absolute atomic E-state index is 0.0811. The highest BCUT2D eigenvalue weighted by Gasteiger charge is 2.43. The fourth-order valence-electron chi connectivity index (χ4n) is 3.68. The molecule has 1 unspecified atom stereocenters. The number of hydrogen-bond acceptors (Lipinski definition) is 6. The number of benzene rings is 1. The van der Waals surface area contributed by atoms with Gasteiger partial charge in [-0.1, -0.05) is 37.2 Å². The van der Waals surface area contributed by atoms with Crippen molar-refractivity contribution in [1.82, 2.24) is 24.5 Å². The lowest BCUT2D eigenvalue weighted by Gasteiger charge is -2.22. The van der Waals surface area contributed by atoms with E-state index in [1.807, 2.05) is 22.6 Å². The average molecular weight is 425 g/mol. The zero-order valence-corrected chi connectivity index (χ0v) is 17.9. The van der Waals surface area contributed by atoms with Crippen molar-refractivity contribution in [3.8, 4) is 6.07 Å². The van der Waals surface area contributed by atoms with E-state index in [2.05, 4.69) is 28.5 Å². The van der Waals surface area contributed by atoms with Crippen LogP contribution in [-0.2, 0) is 11.3 Å². The maximum atomic E-state index is 13.0. The molecule has 0 aliphatic heterocycles. The Kier molecular flexibility index (Phi) is 5.52. The zero-order chi connectivity index (χ0) is 21.3. The van der Waals surface area contributed by atoms with Gasteiger partial charge < -0.3 is 5.32 Å². The van der Waals surface area contributed by atoms with Crippen molar-refractivity contribution in [3.63, 3.8) is 0 Å². The van der Waals surface area contributed by atoms with E-state index < -0.39 is 5.54 Å². The summed E-state index contributed by atoms with van der Waals surface area (Å²) in [6.45, 7) is 4.41. The van der Waals surface area contributed by atoms with Crippen molar-refractivity contribution in [2.45, 2.75) is 56.8 Å². The predicted molar refractivity (Wildman–Crippen MR) is 115 cm³/mol. The molecule has 3 aromatic rings. The van der Waals surface area contributed by atoms with E-state index in [1.165, 1.54) is 11.8 Å². The van der Waals surface area contributed by atoms with Crippen molar-refractivity contribution >= 4 is 34.3 Å². The normalized spacial score (nSPS) is 15.8. The molecule has 0 saturated heterocycles. The SMILES string of the molecule is CCCCn1c(=O)c2ccccc2n2c(SCC(=O)NC(C)(C#N)C3CC3)nnc12. The number of hydrogen-bond donors (Lipinski definition) is 1. The van der Waals surface area contributed by atoms with Crippen molar-refractivity contribution in [1.29, 1.82) is 5.26 Å². The third kappa shape index (κ3) is 3.67. The van der Waals surface area contributed by atoms with Gasteiger partial charge in [-0.05, 0) is 44.2 Å². The molecule has 1 aromatic carbocycles. The third-order valence-electron chi connectivity index (χ3n) is 5.57. The highest BCUT2D eigenvalue weighted by molar-refractivity contribution is 7.99. The van der Waals surface area contributed by atoms with Gasteiger partial charge >= 0.3 is 0 Å². The number of thioether (sulfide) groups is 1. The lowest BCUT2D eigenvalue weighted by Crippen LogP contribution is -2.47. The van der Waals surface area contributed by atoms with Gasteiger partial charge in [0.25, 0.3) is 5.56 Å². The topological polar surface area (TPSA) is 105 Å². The molecule has 2 aromatic heterocycles. The van der Waals surface area contributed by atoms with E-state index in [0.717, 1.165) is 31.2 Å². The van der Waals surface area contributed by atoms with Crippen molar-refractivity contribution in [3.05, 3.63) is 34.6 Å². The number of rotatable bonds is 8. The van der Waals surface area contributed by atoms with Gasteiger partial charge in [0.15, 0.2) is 5.16 Å². The predicted octanol–water partition coefficient (Wildman–Crippen LogP) is 2.74. The fourth-order valence-corrected chi connectivity index (χ4v) is 4.42. The highest BCUT2D eigenvalue weighted by atomic mass is 32.2. The number of amides is 1. The van der Waals surface area contributed by atoms with Crippen LogP contribution in [0.15, 0.2) is 34.2 Å². The van der Waals surface area contributed by atoms with Crippen molar-refractivity contribution in [2.24, 2.45) is 5.92 Å². The maximum absolute atomic E-state index is 13.0. The van der Waals surface area contributed by atoms with Crippen LogP contribution in [0.25, 0.3) is 16.7 Å². The molecular formula is C21H24N6O2S. The first-order valence-corrected chi connectivity index (χ1v) is 11.2.